The van der Waals surface area contributed by atoms with E-state index in [2.05, 4.69) is 26.2 Å². The smallest absolute Gasteiger partial charge is 0.256 e. The van der Waals surface area contributed by atoms with Gasteiger partial charge in [0.15, 0.2) is 0 Å². The number of halogens is 1. The fourth-order valence-corrected chi connectivity index (χ4v) is 3.12. The number of hydrogen-bond donors (Lipinski definition) is 2. The van der Waals surface area contributed by atoms with Gasteiger partial charge in [-0.15, -0.1) is 0 Å². The van der Waals surface area contributed by atoms with Crippen molar-refractivity contribution in [2.45, 2.75) is 44.6 Å². The molecule has 0 saturated heterocycles. The van der Waals surface area contributed by atoms with Gasteiger partial charge in [0.25, 0.3) is 5.91 Å². The standard InChI is InChI=1S/C14H19BrN2O2/c1-2-14(19,10-5-3-4-6-10)13(18)17-11-7-8-16-12(15)9-11/h7-10,19H,2-6H2,1H3,(H,16,17,18). The predicted octanol–water partition coefficient (Wildman–Crippen LogP) is 3.11. The van der Waals surface area contributed by atoms with Crippen LogP contribution in [0.3, 0.4) is 0 Å². The van der Waals surface area contributed by atoms with E-state index in [1.165, 1.54) is 0 Å². The minimum atomic E-state index is -1.26. The third kappa shape index (κ3) is 3.15. The van der Waals surface area contributed by atoms with Gasteiger partial charge in [-0.25, -0.2) is 4.98 Å². The van der Waals surface area contributed by atoms with Gasteiger partial charge in [-0.3, -0.25) is 4.79 Å². The summed E-state index contributed by atoms with van der Waals surface area (Å²) in [5.74, 6) is -0.234. The van der Waals surface area contributed by atoms with Crippen LogP contribution in [-0.4, -0.2) is 21.6 Å². The Morgan fingerprint density at radius 3 is 2.84 bits per heavy atom. The van der Waals surface area contributed by atoms with Gasteiger partial charge in [-0.05, 0) is 53.2 Å². The molecule has 1 aliphatic rings. The number of nitrogens with one attached hydrogen (secondary N) is 1. The quantitative estimate of drug-likeness (QED) is 0.835. The first-order valence-corrected chi connectivity index (χ1v) is 7.51. The van der Waals surface area contributed by atoms with Gasteiger partial charge in [0.1, 0.15) is 10.2 Å². The maximum absolute atomic E-state index is 12.4. The van der Waals surface area contributed by atoms with Crippen molar-refractivity contribution in [1.29, 1.82) is 0 Å². The van der Waals surface area contributed by atoms with E-state index in [4.69, 9.17) is 0 Å². The second-order valence-electron chi connectivity index (χ2n) is 5.08. The van der Waals surface area contributed by atoms with E-state index in [0.29, 0.717) is 16.7 Å². The van der Waals surface area contributed by atoms with Crippen LogP contribution in [0.5, 0.6) is 0 Å². The summed E-state index contributed by atoms with van der Waals surface area (Å²) in [5, 5.41) is 13.5. The summed E-state index contributed by atoms with van der Waals surface area (Å²) < 4.78 is 0.659. The third-order valence-electron chi connectivity index (χ3n) is 3.95. The molecule has 1 aliphatic carbocycles. The summed E-state index contributed by atoms with van der Waals surface area (Å²) in [6, 6.07) is 3.44. The molecule has 1 unspecified atom stereocenters. The van der Waals surface area contributed by atoms with Crippen LogP contribution < -0.4 is 5.32 Å². The van der Waals surface area contributed by atoms with Crippen LogP contribution in [0.15, 0.2) is 22.9 Å². The number of carbonyl (C=O) groups excluding carboxylic acids is 1. The highest BCUT2D eigenvalue weighted by Crippen LogP contribution is 2.36. The average Bonchev–Trinajstić information content (AvgIpc) is 2.92. The Labute approximate surface area is 121 Å². The first-order valence-electron chi connectivity index (χ1n) is 6.71. The average molecular weight is 327 g/mol. The summed E-state index contributed by atoms with van der Waals surface area (Å²) in [6.07, 6.45) is 6.10. The number of amides is 1. The molecule has 2 N–H and O–H groups in total. The lowest BCUT2D eigenvalue weighted by Gasteiger charge is -2.31. The lowest BCUT2D eigenvalue weighted by Crippen LogP contribution is -2.48. The molecule has 0 aliphatic heterocycles. The van der Waals surface area contributed by atoms with E-state index in [1.54, 1.807) is 18.3 Å². The van der Waals surface area contributed by atoms with Crippen LogP contribution in [0.4, 0.5) is 5.69 Å². The second-order valence-corrected chi connectivity index (χ2v) is 5.89. The number of pyridine rings is 1. The number of rotatable bonds is 4. The predicted molar refractivity (Wildman–Crippen MR) is 77.8 cm³/mol. The van der Waals surface area contributed by atoms with Crippen LogP contribution in [0.2, 0.25) is 0 Å². The number of anilines is 1. The number of nitrogens with zero attached hydrogens (tertiary/aromatic N) is 1. The largest absolute Gasteiger partial charge is 0.380 e. The van der Waals surface area contributed by atoms with Gasteiger partial charge in [0.05, 0.1) is 0 Å². The topological polar surface area (TPSA) is 62.2 Å². The molecular formula is C14H19BrN2O2. The van der Waals surface area contributed by atoms with Gasteiger partial charge >= 0.3 is 0 Å². The van der Waals surface area contributed by atoms with E-state index in [1.807, 2.05) is 6.92 Å². The molecule has 19 heavy (non-hydrogen) atoms. The normalized spacial score (nSPS) is 19.1. The first kappa shape index (κ1) is 14.5. The molecule has 104 valence electrons. The van der Waals surface area contributed by atoms with Crippen molar-refractivity contribution in [1.82, 2.24) is 4.98 Å². The Hall–Kier alpha value is -0.940. The van der Waals surface area contributed by atoms with Crippen molar-refractivity contribution in [3.63, 3.8) is 0 Å². The molecule has 2 rings (SSSR count). The van der Waals surface area contributed by atoms with Gasteiger partial charge in [-0.1, -0.05) is 19.8 Å². The molecule has 1 atom stereocenters. The molecule has 1 saturated carbocycles. The molecule has 1 aromatic rings. The third-order valence-corrected chi connectivity index (χ3v) is 4.38. The highest BCUT2D eigenvalue weighted by Gasteiger charge is 2.43. The zero-order valence-electron chi connectivity index (χ0n) is 11.0. The Balaban J connectivity index is 2.12. The fraction of sp³-hybridized carbons (Fsp3) is 0.571. The fourth-order valence-electron chi connectivity index (χ4n) is 2.76. The van der Waals surface area contributed by atoms with E-state index in [9.17, 15) is 9.90 Å². The zero-order valence-corrected chi connectivity index (χ0v) is 12.6. The molecule has 4 nitrogen and oxygen atoms in total. The number of aliphatic hydroxyl groups is 1. The van der Waals surface area contributed by atoms with E-state index in [0.717, 1.165) is 25.7 Å². The van der Waals surface area contributed by atoms with Crippen molar-refractivity contribution in [2.24, 2.45) is 5.92 Å². The molecule has 0 aromatic carbocycles. The highest BCUT2D eigenvalue weighted by atomic mass is 79.9. The van der Waals surface area contributed by atoms with Crippen LogP contribution in [0, 0.1) is 5.92 Å². The Kier molecular flexibility index (Phi) is 4.58. The van der Waals surface area contributed by atoms with E-state index in [-0.39, 0.29) is 11.8 Å². The van der Waals surface area contributed by atoms with Crippen LogP contribution in [0.1, 0.15) is 39.0 Å². The number of carbonyl (C=O) groups is 1. The van der Waals surface area contributed by atoms with E-state index >= 15 is 0 Å². The number of hydrogen-bond acceptors (Lipinski definition) is 3. The molecule has 0 bridgehead atoms. The second kappa shape index (κ2) is 6.01. The maximum Gasteiger partial charge on any atom is 0.256 e. The van der Waals surface area contributed by atoms with Crippen LogP contribution in [0.25, 0.3) is 0 Å². The Morgan fingerprint density at radius 2 is 2.26 bits per heavy atom. The molecule has 0 radical (unpaired) electrons. The number of aromatic nitrogens is 1. The summed E-state index contributed by atoms with van der Waals surface area (Å²) in [7, 11) is 0. The van der Waals surface area contributed by atoms with Gasteiger partial charge in [0, 0.05) is 11.9 Å². The van der Waals surface area contributed by atoms with Crippen LogP contribution in [-0.2, 0) is 4.79 Å². The van der Waals surface area contributed by atoms with Crippen LogP contribution >= 0.6 is 15.9 Å². The molecule has 0 spiro atoms. The first-order chi connectivity index (χ1) is 9.06. The lowest BCUT2D eigenvalue weighted by atomic mass is 9.83. The highest BCUT2D eigenvalue weighted by molar-refractivity contribution is 9.10. The molecule has 5 heteroatoms. The molecule has 1 fully saturated rings. The van der Waals surface area contributed by atoms with Crippen molar-refractivity contribution >= 4 is 27.5 Å². The zero-order chi connectivity index (χ0) is 13.9. The van der Waals surface area contributed by atoms with Gasteiger partial charge in [-0.2, -0.15) is 0 Å². The van der Waals surface area contributed by atoms with Crippen molar-refractivity contribution < 1.29 is 9.90 Å². The maximum atomic E-state index is 12.4. The van der Waals surface area contributed by atoms with Crippen molar-refractivity contribution in [3.8, 4) is 0 Å². The monoisotopic (exact) mass is 326 g/mol. The molecule has 1 amide bonds. The lowest BCUT2D eigenvalue weighted by molar-refractivity contribution is -0.140. The molecule has 1 heterocycles. The van der Waals surface area contributed by atoms with Crippen molar-refractivity contribution in [2.75, 3.05) is 5.32 Å². The molecular weight excluding hydrogens is 308 g/mol. The summed E-state index contributed by atoms with van der Waals surface area (Å²) in [5.41, 5.74) is -0.608. The van der Waals surface area contributed by atoms with E-state index < -0.39 is 5.60 Å². The Morgan fingerprint density at radius 1 is 1.58 bits per heavy atom. The Bertz CT molecular complexity index is 461. The van der Waals surface area contributed by atoms with Gasteiger partial charge in [0.2, 0.25) is 0 Å². The summed E-state index contributed by atoms with van der Waals surface area (Å²) >= 11 is 3.26. The minimum Gasteiger partial charge on any atom is -0.380 e. The molecule has 1 aromatic heterocycles. The minimum absolute atomic E-state index is 0.0720. The summed E-state index contributed by atoms with van der Waals surface area (Å²) in [6.45, 7) is 1.86. The van der Waals surface area contributed by atoms with Gasteiger partial charge < -0.3 is 10.4 Å². The van der Waals surface area contributed by atoms with Crippen molar-refractivity contribution in [3.05, 3.63) is 22.9 Å². The summed E-state index contributed by atoms with van der Waals surface area (Å²) in [4.78, 5) is 16.4. The SMILES string of the molecule is CCC(O)(C(=O)Nc1ccnc(Br)c1)C1CCCC1.